The molecule has 118 valence electrons. The summed E-state index contributed by atoms with van der Waals surface area (Å²) in [5, 5.41) is 19.9. The first-order valence-corrected chi connectivity index (χ1v) is 6.52. The Balaban J connectivity index is 2.71. The molecule has 1 aromatic carbocycles. The van der Waals surface area contributed by atoms with Crippen molar-refractivity contribution in [2.24, 2.45) is 0 Å². The van der Waals surface area contributed by atoms with E-state index in [-0.39, 0.29) is 23.7 Å². The molecule has 0 spiro atoms. The molecule has 0 fully saturated rings. The lowest BCUT2D eigenvalue weighted by Gasteiger charge is -2.12. The van der Waals surface area contributed by atoms with Crippen LogP contribution in [-0.2, 0) is 11.3 Å². The van der Waals surface area contributed by atoms with Crippen molar-refractivity contribution < 1.29 is 19.6 Å². The maximum Gasteiger partial charge on any atom is 0.341 e. The molecule has 0 aliphatic carbocycles. The van der Waals surface area contributed by atoms with Gasteiger partial charge in [-0.1, -0.05) is 12.1 Å². The van der Waals surface area contributed by atoms with Crippen LogP contribution in [0.25, 0.3) is 11.3 Å². The standard InChI is InChI=1S/C15H12N2O6/c1-9(18)8-16-13(6-5-12(14(16)19)15(20)21)10-3-2-4-11(7-10)17(22)23/h2-7H,8H2,1H3,(H,20,21). The Morgan fingerprint density at radius 3 is 2.52 bits per heavy atom. The highest BCUT2D eigenvalue weighted by atomic mass is 16.6. The molecule has 1 N–H and O–H groups in total. The van der Waals surface area contributed by atoms with E-state index in [1.165, 1.54) is 31.2 Å². The van der Waals surface area contributed by atoms with Crippen LogP contribution in [0.15, 0.2) is 41.2 Å². The first-order chi connectivity index (χ1) is 10.8. The number of hydrogen-bond donors (Lipinski definition) is 1. The highest BCUT2D eigenvalue weighted by Gasteiger charge is 2.17. The van der Waals surface area contributed by atoms with Crippen molar-refractivity contribution in [2.75, 3.05) is 0 Å². The maximum absolute atomic E-state index is 12.3. The molecule has 0 atom stereocenters. The van der Waals surface area contributed by atoms with E-state index in [9.17, 15) is 24.5 Å². The van der Waals surface area contributed by atoms with Crippen molar-refractivity contribution in [3.63, 3.8) is 0 Å². The Kier molecular flexibility index (Phi) is 4.35. The fourth-order valence-electron chi connectivity index (χ4n) is 2.15. The fraction of sp³-hybridized carbons (Fsp3) is 0.133. The molecule has 0 amide bonds. The van der Waals surface area contributed by atoms with E-state index in [0.29, 0.717) is 5.56 Å². The van der Waals surface area contributed by atoms with Gasteiger partial charge < -0.3 is 9.67 Å². The number of aromatic carboxylic acids is 1. The number of carbonyl (C=O) groups excluding carboxylic acids is 1. The summed E-state index contributed by atoms with van der Waals surface area (Å²) < 4.78 is 1.00. The Hall–Kier alpha value is -3.29. The number of carbonyl (C=O) groups is 2. The van der Waals surface area contributed by atoms with E-state index in [0.717, 1.165) is 10.6 Å². The number of benzene rings is 1. The molecule has 2 aromatic rings. The summed E-state index contributed by atoms with van der Waals surface area (Å²) in [6.45, 7) is 0.940. The third-order valence-corrected chi connectivity index (χ3v) is 3.14. The molecule has 0 aliphatic rings. The van der Waals surface area contributed by atoms with Crippen LogP contribution in [0.3, 0.4) is 0 Å². The van der Waals surface area contributed by atoms with Crippen molar-refractivity contribution in [1.82, 2.24) is 4.57 Å². The maximum atomic E-state index is 12.3. The fourth-order valence-corrected chi connectivity index (χ4v) is 2.15. The van der Waals surface area contributed by atoms with Crippen LogP contribution in [-0.4, -0.2) is 26.3 Å². The van der Waals surface area contributed by atoms with Crippen LogP contribution in [0.2, 0.25) is 0 Å². The molecule has 0 aliphatic heterocycles. The Labute approximate surface area is 129 Å². The van der Waals surface area contributed by atoms with Crippen LogP contribution in [0.4, 0.5) is 5.69 Å². The van der Waals surface area contributed by atoms with Crippen molar-refractivity contribution in [1.29, 1.82) is 0 Å². The molecule has 1 heterocycles. The number of carboxylic acids is 1. The second-order valence-corrected chi connectivity index (χ2v) is 4.84. The lowest BCUT2D eigenvalue weighted by atomic mass is 10.1. The van der Waals surface area contributed by atoms with Gasteiger partial charge in [-0.3, -0.25) is 19.7 Å². The van der Waals surface area contributed by atoms with Gasteiger partial charge in [-0.2, -0.15) is 0 Å². The zero-order valence-corrected chi connectivity index (χ0v) is 12.1. The average molecular weight is 316 g/mol. The summed E-state index contributed by atoms with van der Waals surface area (Å²) >= 11 is 0. The van der Waals surface area contributed by atoms with Gasteiger partial charge >= 0.3 is 5.97 Å². The highest BCUT2D eigenvalue weighted by molar-refractivity contribution is 5.88. The number of nitro benzene ring substituents is 1. The molecule has 2 rings (SSSR count). The molecule has 8 nitrogen and oxygen atoms in total. The number of pyridine rings is 1. The summed E-state index contributed by atoms with van der Waals surface area (Å²) in [5.74, 6) is -1.75. The van der Waals surface area contributed by atoms with Gasteiger partial charge in [0.15, 0.2) is 0 Å². The van der Waals surface area contributed by atoms with Crippen molar-refractivity contribution >= 4 is 17.4 Å². The van der Waals surface area contributed by atoms with E-state index in [4.69, 9.17) is 5.11 Å². The monoisotopic (exact) mass is 316 g/mol. The minimum atomic E-state index is -1.40. The second kappa shape index (κ2) is 6.22. The number of aromatic nitrogens is 1. The number of hydrogen-bond acceptors (Lipinski definition) is 5. The van der Waals surface area contributed by atoms with Gasteiger partial charge in [0.05, 0.1) is 17.2 Å². The van der Waals surface area contributed by atoms with Crippen LogP contribution < -0.4 is 5.56 Å². The molecule has 0 radical (unpaired) electrons. The molecule has 23 heavy (non-hydrogen) atoms. The van der Waals surface area contributed by atoms with Crippen LogP contribution in [0.5, 0.6) is 0 Å². The Bertz CT molecular complexity index is 869. The number of ketones is 1. The minimum absolute atomic E-state index is 0.174. The summed E-state index contributed by atoms with van der Waals surface area (Å²) in [6.07, 6.45) is 0. The predicted molar refractivity (Wildman–Crippen MR) is 80.4 cm³/mol. The molecular formula is C15H12N2O6. The largest absolute Gasteiger partial charge is 0.477 e. The van der Waals surface area contributed by atoms with E-state index in [1.54, 1.807) is 6.07 Å². The first kappa shape index (κ1) is 16.1. The van der Waals surface area contributed by atoms with Gasteiger partial charge in [0.2, 0.25) is 0 Å². The number of non-ortho nitro benzene ring substituents is 1. The number of nitrogens with zero attached hydrogens (tertiary/aromatic N) is 2. The zero-order valence-electron chi connectivity index (χ0n) is 12.1. The summed E-state index contributed by atoms with van der Waals surface area (Å²) in [7, 11) is 0. The quantitative estimate of drug-likeness (QED) is 0.662. The summed E-state index contributed by atoms with van der Waals surface area (Å²) in [5.41, 5.74) is -0.905. The molecule has 0 saturated carbocycles. The van der Waals surface area contributed by atoms with E-state index in [2.05, 4.69) is 0 Å². The van der Waals surface area contributed by atoms with Crippen LogP contribution >= 0.6 is 0 Å². The topological polar surface area (TPSA) is 120 Å². The molecule has 0 unspecified atom stereocenters. The lowest BCUT2D eigenvalue weighted by molar-refractivity contribution is -0.384. The molecule has 1 aromatic heterocycles. The van der Waals surface area contributed by atoms with E-state index < -0.39 is 22.0 Å². The van der Waals surface area contributed by atoms with Gasteiger partial charge in [0.25, 0.3) is 11.2 Å². The third-order valence-electron chi connectivity index (χ3n) is 3.14. The van der Waals surface area contributed by atoms with E-state index >= 15 is 0 Å². The summed E-state index contributed by atoms with van der Waals surface area (Å²) in [4.78, 5) is 45.0. The zero-order chi connectivity index (χ0) is 17.1. The minimum Gasteiger partial charge on any atom is -0.477 e. The lowest BCUT2D eigenvalue weighted by Crippen LogP contribution is -2.29. The third kappa shape index (κ3) is 3.31. The number of carboxylic acid groups (broad SMARTS) is 1. The number of Topliss-reactive ketones (excluding diaryl/α,β-unsaturated/α-hetero) is 1. The normalized spacial score (nSPS) is 10.3. The highest BCUT2D eigenvalue weighted by Crippen LogP contribution is 2.23. The predicted octanol–water partition coefficient (Wildman–Crippen LogP) is 1.71. The molecule has 0 bridgehead atoms. The Morgan fingerprint density at radius 2 is 1.96 bits per heavy atom. The van der Waals surface area contributed by atoms with Gasteiger partial charge in [0.1, 0.15) is 11.3 Å². The molecular weight excluding hydrogens is 304 g/mol. The SMILES string of the molecule is CC(=O)Cn1c(-c2cccc([N+](=O)[O-])c2)ccc(C(=O)O)c1=O. The van der Waals surface area contributed by atoms with Crippen LogP contribution in [0.1, 0.15) is 17.3 Å². The van der Waals surface area contributed by atoms with Crippen LogP contribution in [0, 0.1) is 10.1 Å². The van der Waals surface area contributed by atoms with Crippen molar-refractivity contribution in [3.8, 4) is 11.3 Å². The average Bonchev–Trinajstić information content (AvgIpc) is 2.48. The first-order valence-electron chi connectivity index (χ1n) is 6.52. The van der Waals surface area contributed by atoms with Crippen molar-refractivity contribution in [3.05, 3.63) is 62.4 Å². The number of nitro groups is 1. The molecule has 8 heteroatoms. The summed E-state index contributed by atoms with van der Waals surface area (Å²) in [6, 6.07) is 8.01. The van der Waals surface area contributed by atoms with Gasteiger partial charge in [-0.25, -0.2) is 4.79 Å². The second-order valence-electron chi connectivity index (χ2n) is 4.84. The Morgan fingerprint density at radius 1 is 1.26 bits per heavy atom. The van der Waals surface area contributed by atoms with Gasteiger partial charge in [-0.15, -0.1) is 0 Å². The smallest absolute Gasteiger partial charge is 0.341 e. The van der Waals surface area contributed by atoms with Crippen molar-refractivity contribution in [2.45, 2.75) is 13.5 Å². The van der Waals surface area contributed by atoms with E-state index in [1.807, 2.05) is 0 Å². The number of rotatable bonds is 5. The van der Waals surface area contributed by atoms with Gasteiger partial charge in [0, 0.05) is 17.7 Å². The van der Waals surface area contributed by atoms with Gasteiger partial charge in [-0.05, 0) is 19.1 Å². The molecule has 0 saturated heterocycles.